The summed E-state index contributed by atoms with van der Waals surface area (Å²) in [6, 6.07) is 16.6. The Morgan fingerprint density at radius 3 is 2.29 bits per heavy atom. The van der Waals surface area contributed by atoms with Crippen molar-refractivity contribution >= 4 is 60.7 Å². The van der Waals surface area contributed by atoms with Crippen molar-refractivity contribution in [3.05, 3.63) is 81.2 Å². The first-order valence-electron chi connectivity index (χ1n) is 8.78. The van der Waals surface area contributed by atoms with E-state index in [2.05, 4.69) is 15.9 Å². The number of ether oxygens (including phenoxy) is 2. The van der Waals surface area contributed by atoms with Crippen LogP contribution in [0.5, 0.6) is 11.5 Å². The highest BCUT2D eigenvalue weighted by Gasteiger charge is 2.32. The van der Waals surface area contributed by atoms with Gasteiger partial charge in [0.25, 0.3) is 15.9 Å². The average Bonchev–Trinajstić information content (AvgIpc) is 2.74. The summed E-state index contributed by atoms with van der Waals surface area (Å²) in [5.41, 5.74) is 0.0541. The summed E-state index contributed by atoms with van der Waals surface area (Å²) >= 11 is 15.4. The van der Waals surface area contributed by atoms with E-state index in [-0.39, 0.29) is 15.6 Å². The molecule has 0 atom stereocenters. The number of methoxy groups -OCH3 is 1. The second kappa shape index (κ2) is 9.91. The number of carbonyl (C=O) groups is 1. The quantitative estimate of drug-likeness (QED) is 0.389. The topological polar surface area (TPSA) is 72.9 Å². The Hall–Kier alpha value is -2.26. The van der Waals surface area contributed by atoms with Gasteiger partial charge in [-0.3, -0.25) is 4.79 Å². The van der Waals surface area contributed by atoms with Gasteiger partial charge in [0.15, 0.2) is 6.61 Å². The number of carbonyl (C=O) groups excluding carboxylic acids is 1. The Balaban J connectivity index is 1.99. The molecule has 10 heteroatoms. The molecule has 0 aliphatic carbocycles. The van der Waals surface area contributed by atoms with Crippen LogP contribution < -0.4 is 13.8 Å². The summed E-state index contributed by atoms with van der Waals surface area (Å²) in [5, 5.41) is 0.633. The Morgan fingerprint density at radius 2 is 1.68 bits per heavy atom. The fraction of sp³-hybridized carbons (Fsp3) is 0.0952. The van der Waals surface area contributed by atoms with Crippen molar-refractivity contribution in [3.8, 4) is 11.5 Å². The fourth-order valence-corrected chi connectivity index (χ4v) is 5.16. The molecule has 31 heavy (non-hydrogen) atoms. The lowest BCUT2D eigenvalue weighted by molar-refractivity contribution is -0.119. The van der Waals surface area contributed by atoms with Crippen LogP contribution in [-0.4, -0.2) is 28.0 Å². The Labute approximate surface area is 198 Å². The molecule has 0 fully saturated rings. The molecule has 0 aromatic heterocycles. The van der Waals surface area contributed by atoms with Crippen LogP contribution in [0.1, 0.15) is 0 Å². The molecule has 3 aromatic carbocycles. The summed E-state index contributed by atoms with van der Waals surface area (Å²) in [6.45, 7) is -0.546. The van der Waals surface area contributed by atoms with Crippen LogP contribution in [0.25, 0.3) is 0 Å². The van der Waals surface area contributed by atoms with Gasteiger partial charge >= 0.3 is 0 Å². The van der Waals surface area contributed by atoms with Gasteiger partial charge in [0.05, 0.1) is 27.2 Å². The second-order valence-electron chi connectivity index (χ2n) is 6.16. The highest BCUT2D eigenvalue weighted by Crippen LogP contribution is 2.33. The van der Waals surface area contributed by atoms with Crippen molar-refractivity contribution in [2.75, 3.05) is 18.0 Å². The lowest BCUT2D eigenvalue weighted by Crippen LogP contribution is -2.40. The predicted octanol–water partition coefficient (Wildman–Crippen LogP) is 5.57. The van der Waals surface area contributed by atoms with E-state index in [0.717, 1.165) is 0 Å². The molecule has 0 spiro atoms. The molecule has 162 valence electrons. The zero-order valence-corrected chi connectivity index (χ0v) is 20.0. The predicted molar refractivity (Wildman–Crippen MR) is 124 cm³/mol. The molecule has 6 nitrogen and oxygen atoms in total. The van der Waals surface area contributed by atoms with Gasteiger partial charge in [0, 0.05) is 5.02 Å². The number of sulfonamides is 1. The highest BCUT2D eigenvalue weighted by atomic mass is 79.9. The Morgan fingerprint density at radius 1 is 1.00 bits per heavy atom. The summed E-state index contributed by atoms with van der Waals surface area (Å²) in [4.78, 5) is 13.0. The maximum absolute atomic E-state index is 13.3. The van der Waals surface area contributed by atoms with Crippen molar-refractivity contribution in [1.82, 2.24) is 0 Å². The van der Waals surface area contributed by atoms with Crippen molar-refractivity contribution in [2.45, 2.75) is 4.90 Å². The van der Waals surface area contributed by atoms with Gasteiger partial charge in [0.1, 0.15) is 11.5 Å². The lowest BCUT2D eigenvalue weighted by atomic mass is 10.3. The smallest absolute Gasteiger partial charge is 0.278 e. The molecule has 0 N–H and O–H groups in total. The van der Waals surface area contributed by atoms with E-state index < -0.39 is 22.5 Å². The minimum Gasteiger partial charge on any atom is -0.495 e. The summed E-state index contributed by atoms with van der Waals surface area (Å²) in [7, 11) is -2.81. The van der Waals surface area contributed by atoms with Gasteiger partial charge in [0.2, 0.25) is 0 Å². The SMILES string of the molecule is COc1ccc(N(C(=O)COc2ccc(Cl)cc2Br)S(=O)(=O)c2ccccc2)cc1Cl. The van der Waals surface area contributed by atoms with E-state index in [1.165, 1.54) is 37.4 Å². The number of benzene rings is 3. The van der Waals surface area contributed by atoms with Crippen LogP contribution in [0.3, 0.4) is 0 Å². The molecule has 3 rings (SSSR count). The Kier molecular flexibility index (Phi) is 7.48. The number of rotatable bonds is 7. The third kappa shape index (κ3) is 5.33. The van der Waals surface area contributed by atoms with Crippen LogP contribution >= 0.6 is 39.1 Å². The molecular weight excluding hydrogens is 529 g/mol. The summed E-state index contributed by atoms with van der Waals surface area (Å²) < 4.78 is 38.5. The maximum atomic E-state index is 13.3. The third-order valence-electron chi connectivity index (χ3n) is 4.12. The molecule has 0 aliphatic rings. The number of nitrogens with zero attached hydrogens (tertiary/aromatic N) is 1. The van der Waals surface area contributed by atoms with Crippen LogP contribution in [0, 0.1) is 0 Å². The van der Waals surface area contributed by atoms with Crippen molar-refractivity contribution in [2.24, 2.45) is 0 Å². The second-order valence-corrected chi connectivity index (χ2v) is 9.64. The average molecular weight is 545 g/mol. The molecule has 0 saturated carbocycles. The molecule has 0 bridgehead atoms. The minimum atomic E-state index is -4.24. The molecule has 1 amide bonds. The molecule has 0 aliphatic heterocycles. The first kappa shape index (κ1) is 23.4. The third-order valence-corrected chi connectivity index (χ3v) is 7.04. The first-order chi connectivity index (χ1) is 14.7. The van der Waals surface area contributed by atoms with E-state index in [0.29, 0.717) is 25.3 Å². The van der Waals surface area contributed by atoms with Crippen LogP contribution in [0.2, 0.25) is 10.0 Å². The van der Waals surface area contributed by atoms with Crippen molar-refractivity contribution in [1.29, 1.82) is 0 Å². The minimum absolute atomic E-state index is 0.0528. The number of anilines is 1. The van der Waals surface area contributed by atoms with E-state index in [1.807, 2.05) is 0 Å². The molecular formula is C21H16BrCl2NO5S. The van der Waals surface area contributed by atoms with E-state index >= 15 is 0 Å². The monoisotopic (exact) mass is 543 g/mol. The zero-order valence-electron chi connectivity index (χ0n) is 16.1. The molecule has 0 heterocycles. The lowest BCUT2D eigenvalue weighted by Gasteiger charge is -2.23. The van der Waals surface area contributed by atoms with Gasteiger partial charge in [-0.1, -0.05) is 41.4 Å². The first-order valence-corrected chi connectivity index (χ1v) is 11.8. The Bertz CT molecular complexity index is 1210. The van der Waals surface area contributed by atoms with Crippen LogP contribution in [0.4, 0.5) is 5.69 Å². The molecule has 0 unspecified atom stereocenters. The number of hydrogen-bond donors (Lipinski definition) is 0. The standard InChI is InChI=1S/C21H16BrCl2NO5S/c1-29-20-10-8-15(12-18(20)24)25(31(27,28)16-5-3-2-4-6-16)21(26)13-30-19-9-7-14(23)11-17(19)22/h2-12H,13H2,1H3. The maximum Gasteiger partial charge on any atom is 0.278 e. The number of amides is 1. The van der Waals surface area contributed by atoms with Crippen molar-refractivity contribution in [3.63, 3.8) is 0 Å². The molecule has 0 saturated heterocycles. The number of hydrogen-bond acceptors (Lipinski definition) is 5. The highest BCUT2D eigenvalue weighted by molar-refractivity contribution is 9.10. The van der Waals surface area contributed by atoms with Gasteiger partial charge < -0.3 is 9.47 Å². The normalized spacial score (nSPS) is 11.1. The van der Waals surface area contributed by atoms with Gasteiger partial charge in [-0.25, -0.2) is 8.42 Å². The van der Waals surface area contributed by atoms with Crippen LogP contribution in [0.15, 0.2) is 76.1 Å². The fourth-order valence-electron chi connectivity index (χ4n) is 2.69. The number of halogens is 3. The van der Waals surface area contributed by atoms with Gasteiger partial charge in [-0.15, -0.1) is 0 Å². The molecule has 0 radical (unpaired) electrons. The van der Waals surface area contributed by atoms with Gasteiger partial charge in [-0.05, 0) is 64.5 Å². The largest absolute Gasteiger partial charge is 0.495 e. The van der Waals surface area contributed by atoms with E-state index in [4.69, 9.17) is 32.7 Å². The van der Waals surface area contributed by atoms with Crippen LogP contribution in [-0.2, 0) is 14.8 Å². The van der Waals surface area contributed by atoms with Crippen molar-refractivity contribution < 1.29 is 22.7 Å². The molecule has 3 aromatic rings. The summed E-state index contributed by atoms with van der Waals surface area (Å²) in [5.74, 6) is -0.134. The van der Waals surface area contributed by atoms with E-state index in [1.54, 1.807) is 36.4 Å². The van der Waals surface area contributed by atoms with Gasteiger partial charge in [-0.2, -0.15) is 4.31 Å². The summed E-state index contributed by atoms with van der Waals surface area (Å²) in [6.07, 6.45) is 0. The van der Waals surface area contributed by atoms with E-state index in [9.17, 15) is 13.2 Å². The zero-order chi connectivity index (χ0) is 22.6.